The first-order chi connectivity index (χ1) is 9.58. The Labute approximate surface area is 126 Å². The van der Waals surface area contributed by atoms with Crippen LogP contribution >= 0.6 is 11.6 Å². The van der Waals surface area contributed by atoms with Crippen molar-refractivity contribution in [2.24, 2.45) is 0 Å². The third-order valence-corrected chi connectivity index (χ3v) is 3.83. The normalized spacial score (nSPS) is 11.2. The van der Waals surface area contributed by atoms with Gasteiger partial charge in [0.15, 0.2) is 0 Å². The van der Waals surface area contributed by atoms with Crippen molar-refractivity contribution in [2.75, 3.05) is 5.73 Å². The lowest BCUT2D eigenvalue weighted by molar-refractivity contribution is 0.204. The number of nitrogen functional groups attached to an aromatic ring is 1. The maximum atomic E-state index is 6.27. The minimum atomic E-state index is 0.422. The van der Waals surface area contributed by atoms with E-state index in [2.05, 4.69) is 43.0 Å². The molecule has 106 valence electrons. The average Bonchev–Trinajstić information content (AvgIpc) is 2.42. The number of anilines is 1. The van der Waals surface area contributed by atoms with E-state index >= 15 is 0 Å². The van der Waals surface area contributed by atoms with Crippen LogP contribution in [0.2, 0.25) is 5.02 Å². The highest BCUT2D eigenvalue weighted by Gasteiger charge is 2.14. The number of halogens is 1. The van der Waals surface area contributed by atoms with Crippen LogP contribution in [0.25, 0.3) is 0 Å². The summed E-state index contributed by atoms with van der Waals surface area (Å²) in [4.78, 5) is 2.37. The number of hydrogen-bond donors (Lipinski definition) is 1. The highest BCUT2D eigenvalue weighted by molar-refractivity contribution is 6.31. The Kier molecular flexibility index (Phi) is 5.05. The summed E-state index contributed by atoms with van der Waals surface area (Å²) < 4.78 is 0. The van der Waals surface area contributed by atoms with Crippen molar-refractivity contribution < 1.29 is 0 Å². The third-order valence-electron chi connectivity index (χ3n) is 3.48. The maximum Gasteiger partial charge on any atom is 0.0471 e. The quantitative estimate of drug-likeness (QED) is 0.830. The van der Waals surface area contributed by atoms with Crippen molar-refractivity contribution in [1.29, 1.82) is 0 Å². The van der Waals surface area contributed by atoms with Gasteiger partial charge in [-0.3, -0.25) is 4.90 Å². The molecule has 2 aromatic rings. The molecule has 2 nitrogen and oxygen atoms in total. The predicted molar refractivity (Wildman–Crippen MR) is 86.7 cm³/mol. The fraction of sp³-hybridized carbons (Fsp3) is 0.294. The number of hydrogen-bond acceptors (Lipinski definition) is 2. The van der Waals surface area contributed by atoms with Gasteiger partial charge in [-0.15, -0.1) is 0 Å². The molecule has 0 amide bonds. The largest absolute Gasteiger partial charge is 0.398 e. The van der Waals surface area contributed by atoms with Gasteiger partial charge >= 0.3 is 0 Å². The second-order valence-electron chi connectivity index (χ2n) is 5.29. The van der Waals surface area contributed by atoms with Crippen molar-refractivity contribution in [3.63, 3.8) is 0 Å². The molecule has 0 unspecified atom stereocenters. The van der Waals surface area contributed by atoms with Crippen LogP contribution in [-0.2, 0) is 13.1 Å². The van der Waals surface area contributed by atoms with Gasteiger partial charge in [-0.1, -0.05) is 48.0 Å². The topological polar surface area (TPSA) is 29.3 Å². The molecule has 0 spiro atoms. The van der Waals surface area contributed by atoms with E-state index in [9.17, 15) is 0 Å². The lowest BCUT2D eigenvalue weighted by Gasteiger charge is -2.27. The first kappa shape index (κ1) is 14.9. The molecule has 2 aromatic carbocycles. The lowest BCUT2D eigenvalue weighted by atomic mass is 10.1. The third kappa shape index (κ3) is 3.75. The molecule has 0 bridgehead atoms. The van der Waals surface area contributed by atoms with E-state index in [1.165, 1.54) is 5.56 Å². The second-order valence-corrected chi connectivity index (χ2v) is 5.70. The van der Waals surface area contributed by atoms with E-state index in [-0.39, 0.29) is 0 Å². The van der Waals surface area contributed by atoms with Crippen LogP contribution in [0.1, 0.15) is 25.0 Å². The van der Waals surface area contributed by atoms with E-state index in [1.807, 2.05) is 24.3 Å². The zero-order chi connectivity index (χ0) is 14.5. The molecular weight excluding hydrogens is 268 g/mol. The predicted octanol–water partition coefficient (Wildman–Crippen LogP) is 4.33. The van der Waals surface area contributed by atoms with Crippen molar-refractivity contribution in [3.8, 4) is 0 Å². The van der Waals surface area contributed by atoms with Crippen LogP contribution in [0.4, 0.5) is 5.69 Å². The van der Waals surface area contributed by atoms with Crippen LogP contribution in [-0.4, -0.2) is 10.9 Å². The number of rotatable bonds is 5. The summed E-state index contributed by atoms with van der Waals surface area (Å²) in [7, 11) is 0. The zero-order valence-corrected chi connectivity index (χ0v) is 12.8. The minimum absolute atomic E-state index is 0.422. The standard InChI is InChI=1S/C17H21ClN2/c1-13(2)20(11-14-7-4-3-5-8-14)12-15-16(18)9-6-10-17(15)19/h3-10,13H,11-12,19H2,1-2H3. The van der Waals surface area contributed by atoms with E-state index in [1.54, 1.807) is 0 Å². The molecule has 2 N–H and O–H groups in total. The van der Waals surface area contributed by atoms with Gasteiger partial charge in [0, 0.05) is 35.4 Å². The molecule has 3 heteroatoms. The van der Waals surface area contributed by atoms with Gasteiger partial charge in [-0.2, -0.15) is 0 Å². The van der Waals surface area contributed by atoms with Crippen LogP contribution < -0.4 is 5.73 Å². The van der Waals surface area contributed by atoms with E-state index in [4.69, 9.17) is 17.3 Å². The molecule has 0 saturated carbocycles. The molecule has 0 saturated heterocycles. The van der Waals surface area contributed by atoms with Gasteiger partial charge in [-0.25, -0.2) is 0 Å². The van der Waals surface area contributed by atoms with Gasteiger partial charge in [0.25, 0.3) is 0 Å². The summed E-state index contributed by atoms with van der Waals surface area (Å²) in [6, 6.07) is 16.6. The molecule has 0 aliphatic carbocycles. The van der Waals surface area contributed by atoms with Crippen molar-refractivity contribution in [2.45, 2.75) is 33.0 Å². The first-order valence-electron chi connectivity index (χ1n) is 6.88. The Morgan fingerprint density at radius 1 is 1.00 bits per heavy atom. The monoisotopic (exact) mass is 288 g/mol. The van der Waals surface area contributed by atoms with Crippen molar-refractivity contribution in [3.05, 3.63) is 64.7 Å². The van der Waals surface area contributed by atoms with E-state index in [0.717, 1.165) is 29.4 Å². The molecule has 0 aliphatic rings. The molecule has 0 aliphatic heterocycles. The molecular formula is C17H21ClN2. The highest BCUT2D eigenvalue weighted by atomic mass is 35.5. The van der Waals surface area contributed by atoms with Crippen molar-refractivity contribution in [1.82, 2.24) is 4.90 Å². The minimum Gasteiger partial charge on any atom is -0.398 e. The Morgan fingerprint density at radius 3 is 2.30 bits per heavy atom. The number of nitrogens with zero attached hydrogens (tertiary/aromatic N) is 1. The summed E-state index contributed by atoms with van der Waals surface area (Å²) in [5.74, 6) is 0. The smallest absolute Gasteiger partial charge is 0.0471 e. The van der Waals surface area contributed by atoms with Gasteiger partial charge in [0.1, 0.15) is 0 Å². The van der Waals surface area contributed by atoms with Crippen molar-refractivity contribution >= 4 is 17.3 Å². The van der Waals surface area contributed by atoms with Gasteiger partial charge in [0.05, 0.1) is 0 Å². The Hall–Kier alpha value is -1.51. The summed E-state index contributed by atoms with van der Waals surface area (Å²) in [6.45, 7) is 6.03. The summed E-state index contributed by atoms with van der Waals surface area (Å²) in [5, 5.41) is 0.740. The van der Waals surface area contributed by atoms with E-state index < -0.39 is 0 Å². The van der Waals surface area contributed by atoms with Gasteiger partial charge in [-0.05, 0) is 31.5 Å². The maximum absolute atomic E-state index is 6.27. The van der Waals surface area contributed by atoms with Gasteiger partial charge in [0.2, 0.25) is 0 Å². The van der Waals surface area contributed by atoms with Gasteiger partial charge < -0.3 is 5.73 Å². The average molecular weight is 289 g/mol. The molecule has 0 aromatic heterocycles. The SMILES string of the molecule is CC(C)N(Cc1ccccc1)Cc1c(N)cccc1Cl. The Morgan fingerprint density at radius 2 is 1.70 bits per heavy atom. The molecule has 20 heavy (non-hydrogen) atoms. The van der Waals surface area contributed by atoms with Crippen LogP contribution in [0, 0.1) is 0 Å². The fourth-order valence-corrected chi connectivity index (χ4v) is 2.43. The van der Waals surface area contributed by atoms with Crippen LogP contribution in [0.3, 0.4) is 0 Å². The molecule has 0 fully saturated rings. The molecule has 0 heterocycles. The highest BCUT2D eigenvalue weighted by Crippen LogP contribution is 2.25. The lowest BCUT2D eigenvalue weighted by Crippen LogP contribution is -2.30. The molecule has 0 radical (unpaired) electrons. The Balaban J connectivity index is 2.18. The summed E-state index contributed by atoms with van der Waals surface area (Å²) in [6.07, 6.45) is 0. The fourth-order valence-electron chi connectivity index (χ4n) is 2.18. The Bertz CT molecular complexity index is 532. The molecule has 0 atom stereocenters. The van der Waals surface area contributed by atoms with Crippen LogP contribution in [0.5, 0.6) is 0 Å². The second kappa shape index (κ2) is 6.78. The number of benzene rings is 2. The number of nitrogens with two attached hydrogens (primary N) is 1. The molecule has 2 rings (SSSR count). The van der Waals surface area contributed by atoms with E-state index in [0.29, 0.717) is 6.04 Å². The first-order valence-corrected chi connectivity index (χ1v) is 7.26. The van der Waals surface area contributed by atoms with Crippen LogP contribution in [0.15, 0.2) is 48.5 Å². The summed E-state index contributed by atoms with van der Waals surface area (Å²) >= 11 is 6.27. The summed E-state index contributed by atoms with van der Waals surface area (Å²) in [5.41, 5.74) is 9.12. The zero-order valence-electron chi connectivity index (χ0n) is 12.0.